The molecule has 2 amide bonds. The van der Waals surface area contributed by atoms with Gasteiger partial charge in [0.2, 0.25) is 0 Å². The van der Waals surface area contributed by atoms with Crippen LogP contribution in [0.4, 0.5) is 9.93 Å². The first-order valence-corrected chi connectivity index (χ1v) is 9.82. The van der Waals surface area contributed by atoms with Gasteiger partial charge in [-0.2, -0.15) is 0 Å². The van der Waals surface area contributed by atoms with E-state index < -0.39 is 0 Å². The maximum absolute atomic E-state index is 12.0. The Labute approximate surface area is 142 Å². The van der Waals surface area contributed by atoms with Gasteiger partial charge >= 0.3 is 6.03 Å². The summed E-state index contributed by atoms with van der Waals surface area (Å²) in [6.45, 7) is 5.18. The number of carbonyl (C=O) groups excluding carboxylic acids is 1. The summed E-state index contributed by atoms with van der Waals surface area (Å²) in [4.78, 5) is 19.0. The predicted molar refractivity (Wildman–Crippen MR) is 95.2 cm³/mol. The monoisotopic (exact) mass is 336 g/mol. The van der Waals surface area contributed by atoms with Crippen molar-refractivity contribution in [1.29, 1.82) is 0 Å². The molecular weight excluding hydrogens is 308 g/mol. The van der Waals surface area contributed by atoms with E-state index in [-0.39, 0.29) is 6.03 Å². The molecule has 2 heterocycles. The highest BCUT2D eigenvalue weighted by molar-refractivity contribution is 7.13. The van der Waals surface area contributed by atoms with E-state index in [1.807, 2.05) is 0 Å². The molecule has 5 nitrogen and oxygen atoms in total. The smallest absolute Gasteiger partial charge is 0.315 e. The van der Waals surface area contributed by atoms with Crippen LogP contribution >= 0.6 is 11.3 Å². The average Bonchev–Trinajstić information content (AvgIpc) is 3.18. The molecule has 2 aliphatic rings. The summed E-state index contributed by atoms with van der Waals surface area (Å²) in [6, 6.07) is 0.318. The van der Waals surface area contributed by atoms with Gasteiger partial charge in [0.25, 0.3) is 0 Å². The predicted octanol–water partition coefficient (Wildman–Crippen LogP) is 3.16. The van der Waals surface area contributed by atoms with Gasteiger partial charge in [0.15, 0.2) is 5.13 Å². The van der Waals surface area contributed by atoms with Crippen LogP contribution in [0.25, 0.3) is 0 Å². The van der Waals surface area contributed by atoms with Gasteiger partial charge in [-0.25, -0.2) is 9.78 Å². The van der Waals surface area contributed by atoms with Crippen molar-refractivity contribution in [2.75, 3.05) is 24.5 Å². The highest BCUT2D eigenvalue weighted by Crippen LogP contribution is 2.24. The largest absolute Gasteiger partial charge is 0.348 e. The Morgan fingerprint density at radius 1 is 1.35 bits per heavy atom. The number of urea groups is 1. The lowest BCUT2D eigenvalue weighted by Crippen LogP contribution is -2.44. The molecule has 0 spiro atoms. The van der Waals surface area contributed by atoms with E-state index in [1.54, 1.807) is 11.3 Å². The topological polar surface area (TPSA) is 57.3 Å². The molecule has 2 atom stereocenters. The molecule has 2 fully saturated rings. The van der Waals surface area contributed by atoms with Crippen LogP contribution in [0.3, 0.4) is 0 Å². The van der Waals surface area contributed by atoms with Crippen molar-refractivity contribution in [2.24, 2.45) is 5.92 Å². The van der Waals surface area contributed by atoms with Gasteiger partial charge < -0.3 is 15.5 Å². The molecule has 1 aromatic heterocycles. The SMILES string of the molecule is C[C@@H]1CCC[C@H](NC(=O)NCCc2csc(N3CCCC3)n2)C1. The van der Waals surface area contributed by atoms with Gasteiger partial charge in [-0.3, -0.25) is 0 Å². The third-order valence-electron chi connectivity index (χ3n) is 4.85. The van der Waals surface area contributed by atoms with E-state index in [0.29, 0.717) is 12.6 Å². The standard InChI is InChI=1S/C17H28N4OS/c1-13-5-4-6-14(11-13)19-16(22)18-8-7-15-12-23-17(20-15)21-9-2-3-10-21/h12-14H,2-11H2,1H3,(H2,18,19,22)/t13-,14+/m1/s1. The minimum absolute atomic E-state index is 0.0286. The van der Waals surface area contributed by atoms with Gasteiger partial charge in [0.1, 0.15) is 0 Å². The first-order valence-electron chi connectivity index (χ1n) is 8.94. The Bertz CT molecular complexity index is 512. The maximum atomic E-state index is 12.0. The quantitative estimate of drug-likeness (QED) is 0.868. The number of nitrogens with one attached hydrogen (secondary N) is 2. The van der Waals surface area contributed by atoms with Gasteiger partial charge in [0, 0.05) is 37.5 Å². The average molecular weight is 337 g/mol. The zero-order valence-corrected chi connectivity index (χ0v) is 14.8. The molecule has 0 radical (unpaired) electrons. The Balaban J connectivity index is 1.36. The van der Waals surface area contributed by atoms with E-state index in [1.165, 1.54) is 25.7 Å². The van der Waals surface area contributed by atoms with Gasteiger partial charge in [-0.1, -0.05) is 19.8 Å². The summed E-state index contributed by atoms with van der Waals surface area (Å²) in [6.07, 6.45) is 8.10. The van der Waals surface area contributed by atoms with Crippen molar-refractivity contribution in [3.63, 3.8) is 0 Å². The van der Waals surface area contributed by atoms with Crippen LogP contribution in [0.5, 0.6) is 0 Å². The molecule has 1 aliphatic heterocycles. The van der Waals surface area contributed by atoms with Gasteiger partial charge in [-0.05, 0) is 31.6 Å². The number of aromatic nitrogens is 1. The molecule has 23 heavy (non-hydrogen) atoms. The van der Waals surface area contributed by atoms with Crippen molar-refractivity contribution in [2.45, 2.75) is 57.9 Å². The number of hydrogen-bond acceptors (Lipinski definition) is 4. The van der Waals surface area contributed by atoms with Crippen molar-refractivity contribution in [1.82, 2.24) is 15.6 Å². The number of thiazole rings is 1. The van der Waals surface area contributed by atoms with Gasteiger partial charge in [-0.15, -0.1) is 11.3 Å². The van der Waals surface area contributed by atoms with Crippen molar-refractivity contribution < 1.29 is 4.79 Å². The number of hydrogen-bond donors (Lipinski definition) is 2. The minimum atomic E-state index is -0.0286. The molecule has 3 rings (SSSR count). The van der Waals surface area contributed by atoms with Crippen LogP contribution in [-0.4, -0.2) is 36.7 Å². The highest BCUT2D eigenvalue weighted by Gasteiger charge is 2.20. The first kappa shape index (κ1) is 16.6. The number of nitrogens with zero attached hydrogens (tertiary/aromatic N) is 2. The lowest BCUT2D eigenvalue weighted by molar-refractivity contribution is 0.227. The Kier molecular flexibility index (Phi) is 5.75. The molecule has 0 bridgehead atoms. The fourth-order valence-corrected chi connectivity index (χ4v) is 4.48. The highest BCUT2D eigenvalue weighted by atomic mass is 32.1. The lowest BCUT2D eigenvalue weighted by atomic mass is 9.87. The third kappa shape index (κ3) is 4.83. The molecule has 1 saturated carbocycles. The van der Waals surface area contributed by atoms with E-state index in [4.69, 9.17) is 0 Å². The number of amides is 2. The molecule has 1 aliphatic carbocycles. The van der Waals surface area contributed by atoms with E-state index >= 15 is 0 Å². The first-order chi connectivity index (χ1) is 11.2. The zero-order valence-electron chi connectivity index (χ0n) is 14.0. The Morgan fingerprint density at radius 2 is 2.17 bits per heavy atom. The summed E-state index contributed by atoms with van der Waals surface area (Å²) >= 11 is 1.72. The second-order valence-corrected chi connectivity index (χ2v) is 7.77. The Hall–Kier alpha value is -1.30. The molecule has 2 N–H and O–H groups in total. The maximum Gasteiger partial charge on any atom is 0.315 e. The molecule has 0 aromatic carbocycles. The third-order valence-corrected chi connectivity index (χ3v) is 5.80. The lowest BCUT2D eigenvalue weighted by Gasteiger charge is -2.27. The number of rotatable bonds is 5. The molecule has 1 saturated heterocycles. The van der Waals surface area contributed by atoms with Crippen molar-refractivity contribution in [3.05, 3.63) is 11.1 Å². The van der Waals surface area contributed by atoms with E-state index in [9.17, 15) is 4.79 Å². The summed E-state index contributed by atoms with van der Waals surface area (Å²) in [5, 5.41) is 9.34. The van der Waals surface area contributed by atoms with Crippen LogP contribution in [-0.2, 0) is 6.42 Å². The second kappa shape index (κ2) is 7.99. The fraction of sp³-hybridized carbons (Fsp3) is 0.765. The second-order valence-electron chi connectivity index (χ2n) is 6.93. The minimum Gasteiger partial charge on any atom is -0.348 e. The summed E-state index contributed by atoms with van der Waals surface area (Å²) in [7, 11) is 0. The molecule has 6 heteroatoms. The summed E-state index contributed by atoms with van der Waals surface area (Å²) in [5.41, 5.74) is 1.09. The normalized spacial score (nSPS) is 24.7. The summed E-state index contributed by atoms with van der Waals surface area (Å²) in [5.74, 6) is 0.730. The zero-order chi connectivity index (χ0) is 16.1. The van der Waals surface area contributed by atoms with Crippen LogP contribution in [0.15, 0.2) is 5.38 Å². The van der Waals surface area contributed by atoms with Crippen LogP contribution in [0, 0.1) is 5.92 Å². The van der Waals surface area contributed by atoms with E-state index in [2.05, 4.69) is 32.8 Å². The molecule has 1 aromatic rings. The van der Waals surface area contributed by atoms with Gasteiger partial charge in [0.05, 0.1) is 5.69 Å². The van der Waals surface area contributed by atoms with E-state index in [0.717, 1.165) is 49.1 Å². The molecule has 128 valence electrons. The fourth-order valence-electron chi connectivity index (χ4n) is 3.57. The van der Waals surface area contributed by atoms with Crippen LogP contribution < -0.4 is 15.5 Å². The van der Waals surface area contributed by atoms with Crippen LogP contribution in [0.2, 0.25) is 0 Å². The molecule has 0 unspecified atom stereocenters. The van der Waals surface area contributed by atoms with Crippen molar-refractivity contribution in [3.8, 4) is 0 Å². The summed E-state index contributed by atoms with van der Waals surface area (Å²) < 4.78 is 0. The van der Waals surface area contributed by atoms with Crippen molar-refractivity contribution >= 4 is 22.5 Å². The number of carbonyl (C=O) groups is 1. The van der Waals surface area contributed by atoms with Crippen LogP contribution in [0.1, 0.15) is 51.1 Å². The molecular formula is C17H28N4OS. The number of anilines is 1. The Morgan fingerprint density at radius 3 is 2.96 bits per heavy atom.